The van der Waals surface area contributed by atoms with Crippen molar-refractivity contribution in [3.8, 4) is 0 Å². The van der Waals surface area contributed by atoms with Crippen LogP contribution in [-0.2, 0) is 17.6 Å². The van der Waals surface area contributed by atoms with Gasteiger partial charge in [0.1, 0.15) is 0 Å². The highest BCUT2D eigenvalue weighted by molar-refractivity contribution is 5.99. The molecular formula is C21H29N3O2. The third kappa shape index (κ3) is 3.79. The summed E-state index contributed by atoms with van der Waals surface area (Å²) < 4.78 is 5.36. The van der Waals surface area contributed by atoms with Crippen molar-refractivity contribution in [2.24, 2.45) is 5.92 Å². The fourth-order valence-electron chi connectivity index (χ4n) is 4.16. The molecule has 5 heteroatoms. The summed E-state index contributed by atoms with van der Waals surface area (Å²) in [7, 11) is 0. The largest absolute Gasteiger partial charge is 0.379 e. The van der Waals surface area contributed by atoms with Gasteiger partial charge >= 0.3 is 0 Å². The number of fused-ring (bicyclic) bond motifs is 3. The minimum Gasteiger partial charge on any atom is -0.379 e. The van der Waals surface area contributed by atoms with Crippen molar-refractivity contribution in [2.75, 3.05) is 39.4 Å². The summed E-state index contributed by atoms with van der Waals surface area (Å²) in [5.74, 6) is 0.756. The molecule has 0 unspecified atom stereocenters. The molecule has 2 aliphatic rings. The number of hydrogen-bond donors (Lipinski definition) is 2. The second kappa shape index (κ2) is 7.80. The highest BCUT2D eigenvalue weighted by Gasteiger charge is 2.20. The maximum Gasteiger partial charge on any atom is 0.251 e. The number of benzene rings is 1. The first-order chi connectivity index (χ1) is 12.7. The molecule has 26 heavy (non-hydrogen) atoms. The molecule has 1 fully saturated rings. The summed E-state index contributed by atoms with van der Waals surface area (Å²) >= 11 is 0. The highest BCUT2D eigenvalue weighted by Crippen LogP contribution is 2.32. The molecule has 2 N–H and O–H groups in total. The van der Waals surface area contributed by atoms with E-state index in [1.807, 2.05) is 6.07 Å². The number of carbonyl (C=O) groups excluding carboxylic acids is 1. The van der Waals surface area contributed by atoms with Gasteiger partial charge in [0, 0.05) is 41.8 Å². The lowest BCUT2D eigenvalue weighted by molar-refractivity contribution is 0.0374. The maximum atomic E-state index is 12.5. The number of H-pyrrole nitrogens is 1. The summed E-state index contributed by atoms with van der Waals surface area (Å²) in [5.41, 5.74) is 4.71. The first-order valence-corrected chi connectivity index (χ1v) is 9.92. The Bertz CT molecular complexity index is 777. The number of carbonyl (C=O) groups is 1. The van der Waals surface area contributed by atoms with Crippen molar-refractivity contribution in [3.63, 3.8) is 0 Å². The molecule has 1 atom stereocenters. The van der Waals surface area contributed by atoms with Crippen LogP contribution in [-0.4, -0.2) is 55.2 Å². The zero-order valence-corrected chi connectivity index (χ0v) is 15.6. The van der Waals surface area contributed by atoms with E-state index >= 15 is 0 Å². The average Bonchev–Trinajstić information content (AvgIpc) is 3.03. The molecule has 1 amide bonds. The van der Waals surface area contributed by atoms with Crippen molar-refractivity contribution < 1.29 is 9.53 Å². The molecule has 1 aromatic carbocycles. The van der Waals surface area contributed by atoms with Crippen LogP contribution in [0.25, 0.3) is 10.9 Å². The lowest BCUT2D eigenvalue weighted by atomic mass is 9.87. The summed E-state index contributed by atoms with van der Waals surface area (Å²) in [4.78, 5) is 18.5. The van der Waals surface area contributed by atoms with E-state index in [2.05, 4.69) is 34.3 Å². The van der Waals surface area contributed by atoms with Gasteiger partial charge in [-0.25, -0.2) is 0 Å². The summed E-state index contributed by atoms with van der Waals surface area (Å²) in [6.07, 6.45) is 4.45. The number of ether oxygens (including phenoxy) is 1. The van der Waals surface area contributed by atoms with E-state index in [1.165, 1.54) is 23.1 Å². The van der Waals surface area contributed by atoms with Crippen LogP contribution in [0, 0.1) is 5.92 Å². The molecule has 5 nitrogen and oxygen atoms in total. The Morgan fingerprint density at radius 3 is 3.04 bits per heavy atom. The molecule has 0 bridgehead atoms. The predicted molar refractivity (Wildman–Crippen MR) is 104 cm³/mol. The minimum atomic E-state index is 0.0349. The van der Waals surface area contributed by atoms with Crippen LogP contribution in [0.5, 0.6) is 0 Å². The maximum absolute atomic E-state index is 12.5. The molecule has 1 aliphatic heterocycles. The van der Waals surface area contributed by atoms with Crippen LogP contribution in [0.1, 0.15) is 41.4 Å². The molecule has 1 aromatic heterocycles. The molecule has 2 aromatic rings. The fourth-order valence-corrected chi connectivity index (χ4v) is 4.16. The second-order valence-corrected chi connectivity index (χ2v) is 7.75. The van der Waals surface area contributed by atoms with E-state index in [9.17, 15) is 4.79 Å². The third-order valence-corrected chi connectivity index (χ3v) is 5.74. The van der Waals surface area contributed by atoms with Crippen LogP contribution in [0.2, 0.25) is 0 Å². The lowest BCUT2D eigenvalue weighted by Crippen LogP contribution is -2.38. The Morgan fingerprint density at radius 2 is 2.19 bits per heavy atom. The number of aromatic amines is 1. The van der Waals surface area contributed by atoms with E-state index in [0.29, 0.717) is 0 Å². The van der Waals surface area contributed by atoms with E-state index in [0.717, 1.165) is 75.7 Å². The van der Waals surface area contributed by atoms with Gasteiger partial charge in [0.2, 0.25) is 0 Å². The number of nitrogens with one attached hydrogen (secondary N) is 2. The SMILES string of the molecule is C[C@@H]1CCc2[nH]c3ccc(C(=O)NCCCN4CCOCC4)cc3c2C1. The van der Waals surface area contributed by atoms with E-state index < -0.39 is 0 Å². The first-order valence-electron chi connectivity index (χ1n) is 9.92. The molecule has 0 spiro atoms. The molecule has 2 heterocycles. The van der Waals surface area contributed by atoms with Crippen LogP contribution < -0.4 is 5.32 Å². The van der Waals surface area contributed by atoms with Gasteiger partial charge in [-0.3, -0.25) is 9.69 Å². The molecule has 140 valence electrons. The van der Waals surface area contributed by atoms with Gasteiger partial charge in [0.25, 0.3) is 5.91 Å². The molecule has 4 rings (SSSR count). The van der Waals surface area contributed by atoms with Crippen molar-refractivity contribution in [1.29, 1.82) is 0 Å². The Balaban J connectivity index is 1.36. The number of amides is 1. The Kier molecular flexibility index (Phi) is 5.27. The minimum absolute atomic E-state index is 0.0349. The fraction of sp³-hybridized carbons (Fsp3) is 0.571. The molecule has 1 saturated heterocycles. The Hall–Kier alpha value is -1.85. The van der Waals surface area contributed by atoms with Crippen molar-refractivity contribution in [3.05, 3.63) is 35.0 Å². The molecule has 0 radical (unpaired) electrons. The van der Waals surface area contributed by atoms with Crippen LogP contribution in [0.15, 0.2) is 18.2 Å². The number of hydrogen-bond acceptors (Lipinski definition) is 3. The smallest absolute Gasteiger partial charge is 0.251 e. The summed E-state index contributed by atoms with van der Waals surface area (Å²) in [5, 5.41) is 4.31. The van der Waals surface area contributed by atoms with Crippen molar-refractivity contribution in [2.45, 2.75) is 32.6 Å². The lowest BCUT2D eigenvalue weighted by Gasteiger charge is -2.26. The average molecular weight is 355 g/mol. The number of rotatable bonds is 5. The predicted octanol–water partition coefficient (Wildman–Crippen LogP) is 2.74. The topological polar surface area (TPSA) is 57.4 Å². The van der Waals surface area contributed by atoms with Gasteiger partial charge in [0.05, 0.1) is 13.2 Å². The first kappa shape index (κ1) is 17.6. The van der Waals surface area contributed by atoms with Crippen LogP contribution >= 0.6 is 0 Å². The monoisotopic (exact) mass is 355 g/mol. The van der Waals surface area contributed by atoms with Gasteiger partial charge in [-0.2, -0.15) is 0 Å². The van der Waals surface area contributed by atoms with E-state index in [4.69, 9.17) is 4.74 Å². The number of aryl methyl sites for hydroxylation is 1. The molecule has 0 saturated carbocycles. The summed E-state index contributed by atoms with van der Waals surface area (Å²) in [6.45, 7) is 7.70. The third-order valence-electron chi connectivity index (χ3n) is 5.74. The van der Waals surface area contributed by atoms with Crippen molar-refractivity contribution in [1.82, 2.24) is 15.2 Å². The van der Waals surface area contributed by atoms with Gasteiger partial charge < -0.3 is 15.0 Å². The molecule has 1 aliphatic carbocycles. The quantitative estimate of drug-likeness (QED) is 0.811. The normalized spacial score (nSPS) is 20.9. The molecular weight excluding hydrogens is 326 g/mol. The Labute approximate surface area is 155 Å². The number of aromatic nitrogens is 1. The number of nitrogens with zero attached hydrogens (tertiary/aromatic N) is 1. The van der Waals surface area contributed by atoms with Gasteiger partial charge in [-0.1, -0.05) is 6.92 Å². The van der Waals surface area contributed by atoms with Gasteiger partial charge in [0.15, 0.2) is 0 Å². The highest BCUT2D eigenvalue weighted by atomic mass is 16.5. The summed E-state index contributed by atoms with van der Waals surface area (Å²) in [6, 6.07) is 6.06. The van der Waals surface area contributed by atoms with E-state index in [-0.39, 0.29) is 5.91 Å². The van der Waals surface area contributed by atoms with Crippen LogP contribution in [0.3, 0.4) is 0 Å². The second-order valence-electron chi connectivity index (χ2n) is 7.75. The zero-order valence-electron chi connectivity index (χ0n) is 15.6. The standard InChI is InChI=1S/C21H29N3O2/c1-15-3-5-19-17(13-15)18-14-16(4-6-20(18)23-19)21(25)22-7-2-8-24-9-11-26-12-10-24/h4,6,14-15,23H,2-3,5,7-13H2,1H3,(H,22,25)/t15-/m1/s1. The van der Waals surface area contributed by atoms with Crippen molar-refractivity contribution >= 4 is 16.8 Å². The zero-order chi connectivity index (χ0) is 17.9. The number of morpholine rings is 1. The van der Waals surface area contributed by atoms with Crippen LogP contribution in [0.4, 0.5) is 0 Å². The Morgan fingerprint density at radius 1 is 1.35 bits per heavy atom. The van der Waals surface area contributed by atoms with Gasteiger partial charge in [-0.15, -0.1) is 0 Å². The van der Waals surface area contributed by atoms with Gasteiger partial charge in [-0.05, 0) is 61.9 Å². The van der Waals surface area contributed by atoms with E-state index in [1.54, 1.807) is 0 Å².